The number of para-hydroxylation sites is 2. The number of carbonyl (C=O) groups excluding carboxylic acids is 2. The Morgan fingerprint density at radius 1 is 0.927 bits per heavy atom. The Kier molecular flexibility index (Phi) is 11.2. The fourth-order valence-electron chi connectivity index (χ4n) is 4.31. The van der Waals surface area contributed by atoms with Crippen molar-refractivity contribution >= 4 is 27.5 Å². The van der Waals surface area contributed by atoms with Gasteiger partial charge in [-0.2, -0.15) is 0 Å². The second-order valence-electron chi connectivity index (χ2n) is 9.63. The fraction of sp³-hybridized carbons (Fsp3) is 0.355. The number of aryl methyl sites for hydroxylation is 1. The van der Waals surface area contributed by atoms with Crippen molar-refractivity contribution in [3.8, 4) is 11.5 Å². The van der Waals surface area contributed by atoms with Crippen molar-refractivity contribution in [3.05, 3.63) is 83.9 Å². The molecule has 0 radical (unpaired) electrons. The van der Waals surface area contributed by atoms with E-state index in [1.165, 1.54) is 31.3 Å². The Morgan fingerprint density at radius 2 is 1.59 bits per heavy atom. The molecule has 0 heterocycles. The van der Waals surface area contributed by atoms with E-state index in [1.54, 1.807) is 43.3 Å². The van der Waals surface area contributed by atoms with Crippen molar-refractivity contribution in [1.29, 1.82) is 0 Å². The predicted octanol–water partition coefficient (Wildman–Crippen LogP) is 4.54. The highest BCUT2D eigenvalue weighted by Crippen LogP contribution is 2.33. The average Bonchev–Trinajstić information content (AvgIpc) is 2.99. The lowest BCUT2D eigenvalue weighted by atomic mass is 10.1. The molecule has 0 fully saturated rings. The monoisotopic (exact) mass is 581 g/mol. The predicted molar refractivity (Wildman–Crippen MR) is 160 cm³/mol. The van der Waals surface area contributed by atoms with Gasteiger partial charge in [0.1, 0.15) is 24.1 Å². The summed E-state index contributed by atoms with van der Waals surface area (Å²) in [5, 5.41) is 2.89. The van der Waals surface area contributed by atoms with Gasteiger partial charge in [0.15, 0.2) is 0 Å². The number of hydrogen-bond donors (Lipinski definition) is 1. The van der Waals surface area contributed by atoms with Crippen LogP contribution < -0.4 is 19.1 Å². The van der Waals surface area contributed by atoms with Gasteiger partial charge in [0.05, 0.1) is 24.8 Å². The number of nitrogens with one attached hydrogen (secondary N) is 1. The lowest BCUT2D eigenvalue weighted by Gasteiger charge is -2.32. The van der Waals surface area contributed by atoms with Crippen LogP contribution in [-0.2, 0) is 26.2 Å². The van der Waals surface area contributed by atoms with Gasteiger partial charge >= 0.3 is 0 Å². The highest BCUT2D eigenvalue weighted by atomic mass is 32.2. The molecule has 2 amide bonds. The first kappa shape index (κ1) is 31.5. The molecule has 41 heavy (non-hydrogen) atoms. The van der Waals surface area contributed by atoms with E-state index in [0.29, 0.717) is 12.3 Å². The minimum atomic E-state index is -4.24. The number of anilines is 1. The third-order valence-electron chi connectivity index (χ3n) is 6.88. The molecule has 0 unspecified atom stereocenters. The molecule has 9 nitrogen and oxygen atoms in total. The maximum atomic E-state index is 14.1. The summed E-state index contributed by atoms with van der Waals surface area (Å²) in [5.74, 6) is -0.0546. The van der Waals surface area contributed by atoms with E-state index in [9.17, 15) is 18.0 Å². The van der Waals surface area contributed by atoms with Crippen LogP contribution in [0, 0.1) is 6.92 Å². The van der Waals surface area contributed by atoms with Crippen LogP contribution in [0.25, 0.3) is 0 Å². The van der Waals surface area contributed by atoms with Gasteiger partial charge in [-0.15, -0.1) is 0 Å². The molecule has 1 atom stereocenters. The van der Waals surface area contributed by atoms with E-state index in [2.05, 4.69) is 5.32 Å². The van der Waals surface area contributed by atoms with Crippen molar-refractivity contribution in [1.82, 2.24) is 10.2 Å². The summed E-state index contributed by atoms with van der Waals surface area (Å²) in [6, 6.07) is 19.3. The minimum Gasteiger partial charge on any atom is -0.497 e. The smallest absolute Gasteiger partial charge is 0.264 e. The Morgan fingerprint density at radius 3 is 2.22 bits per heavy atom. The van der Waals surface area contributed by atoms with E-state index in [1.807, 2.05) is 38.1 Å². The molecule has 10 heteroatoms. The number of ether oxygens (including phenoxy) is 2. The van der Waals surface area contributed by atoms with Crippen LogP contribution in [0.3, 0.4) is 0 Å². The Hall–Kier alpha value is -4.05. The molecule has 3 rings (SSSR count). The summed E-state index contributed by atoms with van der Waals surface area (Å²) in [6.07, 6.45) is 1.73. The van der Waals surface area contributed by atoms with Gasteiger partial charge in [-0.05, 0) is 67.8 Å². The molecule has 0 bridgehead atoms. The average molecular weight is 582 g/mol. The van der Waals surface area contributed by atoms with Crippen molar-refractivity contribution in [2.45, 2.75) is 51.1 Å². The summed E-state index contributed by atoms with van der Waals surface area (Å²) in [4.78, 5) is 28.6. The van der Waals surface area contributed by atoms with Gasteiger partial charge in [-0.25, -0.2) is 8.42 Å². The molecule has 0 aromatic heterocycles. The number of sulfonamides is 1. The molecular weight excluding hydrogens is 542 g/mol. The normalized spacial score (nSPS) is 11.8. The van der Waals surface area contributed by atoms with Gasteiger partial charge in [-0.1, -0.05) is 49.7 Å². The van der Waals surface area contributed by atoms with E-state index < -0.39 is 28.5 Å². The second kappa shape index (κ2) is 14.5. The SMILES string of the molecule is CCCCNC(=O)[C@@H](C)N(Cc1ccccc1C)C(=O)CN(c1ccccc1OC)S(=O)(=O)c1ccc(OC)cc1. The number of benzene rings is 3. The van der Waals surface area contributed by atoms with Crippen LogP contribution in [0.5, 0.6) is 11.5 Å². The first-order chi connectivity index (χ1) is 19.6. The van der Waals surface area contributed by atoms with Gasteiger partial charge in [-0.3, -0.25) is 13.9 Å². The maximum Gasteiger partial charge on any atom is 0.264 e. The zero-order chi connectivity index (χ0) is 30.0. The highest BCUT2D eigenvalue weighted by molar-refractivity contribution is 7.92. The van der Waals surface area contributed by atoms with Crippen molar-refractivity contribution in [3.63, 3.8) is 0 Å². The number of amides is 2. The molecule has 3 aromatic rings. The quantitative estimate of drug-likeness (QED) is 0.280. The van der Waals surface area contributed by atoms with Crippen LogP contribution in [0.4, 0.5) is 5.69 Å². The van der Waals surface area contributed by atoms with Crippen molar-refractivity contribution < 1.29 is 27.5 Å². The van der Waals surface area contributed by atoms with E-state index in [0.717, 1.165) is 28.3 Å². The van der Waals surface area contributed by atoms with Gasteiger partial charge in [0, 0.05) is 13.1 Å². The molecule has 0 aliphatic heterocycles. The molecule has 220 valence electrons. The van der Waals surface area contributed by atoms with Crippen LogP contribution >= 0.6 is 0 Å². The summed E-state index contributed by atoms with van der Waals surface area (Å²) in [5.41, 5.74) is 2.02. The van der Waals surface area contributed by atoms with Gasteiger partial charge in [0.25, 0.3) is 10.0 Å². The lowest BCUT2D eigenvalue weighted by molar-refractivity contribution is -0.139. The molecule has 3 aromatic carbocycles. The van der Waals surface area contributed by atoms with Crippen LogP contribution in [-0.4, -0.2) is 58.5 Å². The number of methoxy groups -OCH3 is 2. The summed E-state index contributed by atoms with van der Waals surface area (Å²) in [6.45, 7) is 5.69. The van der Waals surface area contributed by atoms with Crippen molar-refractivity contribution in [2.24, 2.45) is 0 Å². The third kappa shape index (κ3) is 7.79. The van der Waals surface area contributed by atoms with Gasteiger partial charge < -0.3 is 19.7 Å². The number of unbranched alkanes of at least 4 members (excludes halogenated alkanes) is 1. The maximum absolute atomic E-state index is 14.1. The minimum absolute atomic E-state index is 0.0205. The van der Waals surface area contributed by atoms with Gasteiger partial charge in [0.2, 0.25) is 11.8 Å². The first-order valence-electron chi connectivity index (χ1n) is 13.6. The standard InChI is InChI=1S/C31H39N3O6S/c1-6-7-20-32-31(36)24(3)33(21-25-13-9-8-12-23(25)2)30(35)22-34(28-14-10-11-15-29(28)40-5)41(37,38)27-18-16-26(39-4)17-19-27/h8-19,24H,6-7,20-22H2,1-5H3,(H,32,36)/t24-/m1/s1. The lowest BCUT2D eigenvalue weighted by Crippen LogP contribution is -2.51. The Bertz CT molecular complexity index is 1430. The Labute approximate surface area is 243 Å². The summed E-state index contributed by atoms with van der Waals surface area (Å²) < 4.78 is 39.7. The largest absolute Gasteiger partial charge is 0.497 e. The Balaban J connectivity index is 2.05. The zero-order valence-electron chi connectivity index (χ0n) is 24.3. The number of nitrogens with zero attached hydrogens (tertiary/aromatic N) is 2. The second-order valence-corrected chi connectivity index (χ2v) is 11.5. The van der Waals surface area contributed by atoms with Crippen LogP contribution in [0.1, 0.15) is 37.8 Å². The van der Waals surface area contributed by atoms with Crippen molar-refractivity contribution in [2.75, 3.05) is 31.6 Å². The molecule has 0 saturated heterocycles. The zero-order valence-corrected chi connectivity index (χ0v) is 25.1. The van der Waals surface area contributed by atoms with Crippen LogP contribution in [0.15, 0.2) is 77.7 Å². The molecule has 0 aliphatic rings. The molecule has 0 saturated carbocycles. The number of carbonyl (C=O) groups is 2. The van der Waals surface area contributed by atoms with E-state index >= 15 is 0 Å². The third-order valence-corrected chi connectivity index (χ3v) is 8.65. The fourth-order valence-corrected chi connectivity index (χ4v) is 5.74. The number of hydrogen-bond acceptors (Lipinski definition) is 6. The van der Waals surface area contributed by atoms with Crippen LogP contribution in [0.2, 0.25) is 0 Å². The summed E-state index contributed by atoms with van der Waals surface area (Å²) in [7, 11) is -1.31. The summed E-state index contributed by atoms with van der Waals surface area (Å²) >= 11 is 0. The number of rotatable bonds is 14. The first-order valence-corrected chi connectivity index (χ1v) is 15.0. The molecular formula is C31H39N3O6S. The highest BCUT2D eigenvalue weighted by Gasteiger charge is 2.33. The van der Waals surface area contributed by atoms with E-state index in [4.69, 9.17) is 9.47 Å². The molecule has 0 spiro atoms. The van der Waals surface area contributed by atoms with E-state index in [-0.39, 0.29) is 28.8 Å². The molecule has 1 N–H and O–H groups in total. The molecule has 0 aliphatic carbocycles. The topological polar surface area (TPSA) is 105 Å².